The van der Waals surface area contributed by atoms with Crippen molar-refractivity contribution in [1.82, 2.24) is 4.90 Å². The van der Waals surface area contributed by atoms with Crippen LogP contribution in [0.5, 0.6) is 0 Å². The highest BCUT2D eigenvalue weighted by molar-refractivity contribution is 5.86. The van der Waals surface area contributed by atoms with Crippen molar-refractivity contribution in [3.8, 4) is 0 Å². The molecular weight excluding hydrogens is 232 g/mol. The number of amides is 1. The van der Waals surface area contributed by atoms with Crippen LogP contribution in [-0.2, 0) is 9.59 Å². The molecule has 0 spiro atoms. The first-order valence-electron chi connectivity index (χ1n) is 6.88. The lowest BCUT2D eigenvalue weighted by Gasteiger charge is -2.32. The number of carbonyl (C=O) groups excluding carboxylic acids is 1. The maximum absolute atomic E-state index is 12.5. The van der Waals surface area contributed by atoms with Gasteiger partial charge in [0.2, 0.25) is 5.91 Å². The number of carboxylic acids is 1. The molecule has 100 valence electrons. The first kappa shape index (κ1) is 12.0. The van der Waals surface area contributed by atoms with E-state index in [4.69, 9.17) is 10.8 Å². The summed E-state index contributed by atoms with van der Waals surface area (Å²) in [6.07, 6.45) is 4.65. The van der Waals surface area contributed by atoms with E-state index in [1.165, 1.54) is 0 Å². The maximum Gasteiger partial charge on any atom is 0.326 e. The Labute approximate surface area is 106 Å². The van der Waals surface area contributed by atoms with Crippen molar-refractivity contribution < 1.29 is 14.7 Å². The molecule has 5 nitrogen and oxygen atoms in total. The molecule has 3 N–H and O–H groups in total. The van der Waals surface area contributed by atoms with Crippen LogP contribution in [-0.4, -0.2) is 40.5 Å². The monoisotopic (exact) mass is 252 g/mol. The van der Waals surface area contributed by atoms with Crippen LogP contribution in [0.15, 0.2) is 0 Å². The van der Waals surface area contributed by atoms with Gasteiger partial charge in [-0.15, -0.1) is 0 Å². The van der Waals surface area contributed by atoms with Gasteiger partial charge in [-0.05, 0) is 43.9 Å². The van der Waals surface area contributed by atoms with Gasteiger partial charge in [0.25, 0.3) is 0 Å². The third kappa shape index (κ3) is 1.64. The molecule has 2 bridgehead atoms. The van der Waals surface area contributed by atoms with Gasteiger partial charge in [0.05, 0.1) is 5.92 Å². The second-order valence-corrected chi connectivity index (χ2v) is 5.96. The van der Waals surface area contributed by atoms with E-state index >= 15 is 0 Å². The van der Waals surface area contributed by atoms with E-state index in [9.17, 15) is 9.59 Å². The number of hydrogen-bond acceptors (Lipinski definition) is 3. The smallest absolute Gasteiger partial charge is 0.326 e. The van der Waals surface area contributed by atoms with Gasteiger partial charge in [0.1, 0.15) is 6.04 Å². The number of nitrogens with two attached hydrogens (primary N) is 1. The maximum atomic E-state index is 12.5. The second kappa shape index (κ2) is 4.23. The molecule has 0 radical (unpaired) electrons. The summed E-state index contributed by atoms with van der Waals surface area (Å²) in [6.45, 7) is 0.580. The summed E-state index contributed by atoms with van der Waals surface area (Å²) in [5, 5.41) is 9.15. The van der Waals surface area contributed by atoms with Gasteiger partial charge < -0.3 is 15.7 Å². The normalized spacial score (nSPS) is 42.5. The zero-order valence-electron chi connectivity index (χ0n) is 10.4. The molecule has 0 aromatic carbocycles. The number of aliphatic carboxylic acids is 1. The molecular formula is C13H20N2O3. The molecule has 3 aliphatic rings. The Morgan fingerprint density at radius 3 is 2.50 bits per heavy atom. The highest BCUT2D eigenvalue weighted by atomic mass is 16.4. The molecule has 18 heavy (non-hydrogen) atoms. The Morgan fingerprint density at radius 1 is 1.17 bits per heavy atom. The lowest BCUT2D eigenvalue weighted by atomic mass is 9.84. The van der Waals surface area contributed by atoms with Crippen LogP contribution in [0.2, 0.25) is 0 Å². The Kier molecular flexibility index (Phi) is 2.81. The lowest BCUT2D eigenvalue weighted by molar-refractivity contribution is -0.151. The molecule has 5 heteroatoms. The van der Waals surface area contributed by atoms with Crippen LogP contribution in [0.1, 0.15) is 32.1 Å². The predicted octanol–water partition coefficient (Wildman–Crippen LogP) is 0.435. The van der Waals surface area contributed by atoms with E-state index in [1.54, 1.807) is 4.90 Å². The highest BCUT2D eigenvalue weighted by Gasteiger charge is 2.51. The molecule has 2 saturated carbocycles. The number of likely N-dealkylation sites (tertiary alicyclic amines) is 1. The molecule has 0 aromatic heterocycles. The summed E-state index contributed by atoms with van der Waals surface area (Å²) < 4.78 is 0. The Balaban J connectivity index is 1.76. The SMILES string of the molecule is NC1C2CCC(C2)C1C(=O)N1CCC[C@H]1C(=O)O. The van der Waals surface area contributed by atoms with Crippen molar-refractivity contribution in [3.63, 3.8) is 0 Å². The van der Waals surface area contributed by atoms with Crippen LogP contribution in [0, 0.1) is 17.8 Å². The highest BCUT2D eigenvalue weighted by Crippen LogP contribution is 2.48. The third-order valence-electron chi connectivity index (χ3n) is 5.09. The summed E-state index contributed by atoms with van der Waals surface area (Å²) in [5.74, 6) is -0.122. The Bertz CT molecular complexity index is 382. The third-order valence-corrected chi connectivity index (χ3v) is 5.09. The number of rotatable bonds is 2. The van der Waals surface area contributed by atoms with Crippen LogP contribution in [0.4, 0.5) is 0 Å². The Morgan fingerprint density at radius 2 is 1.89 bits per heavy atom. The lowest BCUT2D eigenvalue weighted by Crippen LogP contribution is -2.50. The fourth-order valence-electron chi connectivity index (χ4n) is 4.18. The van der Waals surface area contributed by atoms with Gasteiger partial charge in [-0.1, -0.05) is 0 Å². The average Bonchev–Trinajstić information content (AvgIpc) is 3.03. The molecule has 5 atom stereocenters. The minimum atomic E-state index is -0.877. The molecule has 4 unspecified atom stereocenters. The van der Waals surface area contributed by atoms with Crippen molar-refractivity contribution in [2.45, 2.75) is 44.2 Å². The summed E-state index contributed by atoms with van der Waals surface area (Å²) in [5.41, 5.74) is 6.16. The number of carboxylic acid groups (broad SMARTS) is 1. The van der Waals surface area contributed by atoms with Crippen LogP contribution in [0.3, 0.4) is 0 Å². The van der Waals surface area contributed by atoms with Crippen molar-refractivity contribution in [2.75, 3.05) is 6.54 Å². The number of carbonyl (C=O) groups is 2. The zero-order valence-corrected chi connectivity index (χ0v) is 10.4. The summed E-state index contributed by atoms with van der Waals surface area (Å²) >= 11 is 0. The molecule has 1 saturated heterocycles. The van der Waals surface area contributed by atoms with E-state index in [2.05, 4.69) is 0 Å². The average molecular weight is 252 g/mol. The van der Waals surface area contributed by atoms with Crippen LogP contribution < -0.4 is 5.73 Å². The van der Waals surface area contributed by atoms with Crippen molar-refractivity contribution in [2.24, 2.45) is 23.5 Å². The first-order chi connectivity index (χ1) is 8.59. The first-order valence-corrected chi connectivity index (χ1v) is 6.88. The Hall–Kier alpha value is -1.10. The van der Waals surface area contributed by atoms with Gasteiger partial charge in [0, 0.05) is 12.6 Å². The molecule has 1 amide bonds. The zero-order chi connectivity index (χ0) is 12.9. The molecule has 1 aliphatic heterocycles. The van der Waals surface area contributed by atoms with Crippen LogP contribution >= 0.6 is 0 Å². The fraction of sp³-hybridized carbons (Fsp3) is 0.846. The predicted molar refractivity (Wildman–Crippen MR) is 64.7 cm³/mol. The van der Waals surface area contributed by atoms with Gasteiger partial charge in [-0.25, -0.2) is 4.79 Å². The summed E-state index contributed by atoms with van der Waals surface area (Å²) in [7, 11) is 0. The quantitative estimate of drug-likeness (QED) is 0.746. The molecule has 3 fully saturated rings. The largest absolute Gasteiger partial charge is 0.480 e. The second-order valence-electron chi connectivity index (χ2n) is 5.96. The minimum Gasteiger partial charge on any atom is -0.480 e. The van der Waals surface area contributed by atoms with E-state index in [0.717, 1.165) is 25.7 Å². The number of fused-ring (bicyclic) bond motifs is 2. The van der Waals surface area contributed by atoms with Gasteiger partial charge in [-0.3, -0.25) is 4.79 Å². The van der Waals surface area contributed by atoms with E-state index < -0.39 is 12.0 Å². The van der Waals surface area contributed by atoms with Gasteiger partial charge in [-0.2, -0.15) is 0 Å². The molecule has 2 aliphatic carbocycles. The van der Waals surface area contributed by atoms with Gasteiger partial charge >= 0.3 is 5.97 Å². The van der Waals surface area contributed by atoms with Crippen LogP contribution in [0.25, 0.3) is 0 Å². The van der Waals surface area contributed by atoms with Crippen molar-refractivity contribution >= 4 is 11.9 Å². The van der Waals surface area contributed by atoms with E-state index in [1.807, 2.05) is 0 Å². The van der Waals surface area contributed by atoms with Crippen molar-refractivity contribution in [3.05, 3.63) is 0 Å². The molecule has 3 rings (SSSR count). The van der Waals surface area contributed by atoms with E-state index in [0.29, 0.717) is 24.8 Å². The standard InChI is InChI=1S/C13H20N2O3/c14-11-8-4-3-7(6-8)10(11)12(16)15-5-1-2-9(15)13(17)18/h7-11H,1-6,14H2,(H,17,18)/t7?,8?,9-,10?,11?/m0/s1. The topological polar surface area (TPSA) is 83.6 Å². The fourth-order valence-corrected chi connectivity index (χ4v) is 4.18. The summed E-state index contributed by atoms with van der Waals surface area (Å²) in [6, 6.07) is -0.671. The van der Waals surface area contributed by atoms with Crippen molar-refractivity contribution in [1.29, 1.82) is 0 Å². The summed E-state index contributed by atoms with van der Waals surface area (Å²) in [4.78, 5) is 25.3. The van der Waals surface area contributed by atoms with Gasteiger partial charge in [0.15, 0.2) is 0 Å². The number of nitrogens with zero attached hydrogens (tertiary/aromatic N) is 1. The molecule has 0 aromatic rings. The number of hydrogen-bond donors (Lipinski definition) is 2. The minimum absolute atomic E-state index is 0.000370. The molecule has 1 heterocycles. The van der Waals surface area contributed by atoms with E-state index in [-0.39, 0.29) is 17.9 Å².